The molecule has 2 aliphatic heterocycles. The van der Waals surface area contributed by atoms with Crippen LogP contribution in [0.25, 0.3) is 0 Å². The van der Waals surface area contributed by atoms with E-state index in [2.05, 4.69) is 19.9 Å². The molecule has 38 heavy (non-hydrogen) atoms. The number of alkyl halides is 6. The smallest absolute Gasteiger partial charge is 0.475 e. The van der Waals surface area contributed by atoms with E-state index in [9.17, 15) is 30.7 Å². The van der Waals surface area contributed by atoms with Gasteiger partial charge in [0.2, 0.25) is 5.95 Å². The minimum atomic E-state index is -5.08. The van der Waals surface area contributed by atoms with Gasteiger partial charge in [0.15, 0.2) is 5.82 Å². The molecule has 2 fully saturated rings. The second kappa shape index (κ2) is 13.3. The molecule has 17 heteroatoms. The maximum absolute atomic E-state index is 13.1. The molecule has 2 aromatic heterocycles. The predicted octanol–water partition coefficient (Wildman–Crippen LogP) is 3.23. The van der Waals surface area contributed by atoms with Gasteiger partial charge in [-0.05, 0) is 30.5 Å². The molecule has 0 spiro atoms. The molecule has 0 unspecified atom stereocenters. The molecule has 0 aromatic carbocycles. The predicted molar refractivity (Wildman–Crippen MR) is 112 cm³/mol. The van der Waals surface area contributed by atoms with Gasteiger partial charge in [-0.3, -0.25) is 4.98 Å². The number of rotatable bonds is 4. The van der Waals surface area contributed by atoms with Crippen LogP contribution in [-0.2, 0) is 25.7 Å². The molecule has 4 rings (SSSR count). The molecule has 3 atom stereocenters. The lowest BCUT2D eigenvalue weighted by Crippen LogP contribution is -2.42. The number of anilines is 1. The van der Waals surface area contributed by atoms with E-state index < -0.39 is 30.1 Å². The van der Waals surface area contributed by atoms with Crippen molar-refractivity contribution in [1.29, 1.82) is 0 Å². The van der Waals surface area contributed by atoms with Gasteiger partial charge in [0, 0.05) is 19.0 Å². The minimum absolute atomic E-state index is 0.00533. The van der Waals surface area contributed by atoms with E-state index >= 15 is 0 Å². The molecule has 0 radical (unpaired) electrons. The van der Waals surface area contributed by atoms with Gasteiger partial charge in [0.25, 0.3) is 0 Å². The highest BCUT2D eigenvalue weighted by Gasteiger charge is 2.45. The van der Waals surface area contributed by atoms with Crippen molar-refractivity contribution < 1.29 is 60.0 Å². The third-order valence-electron chi connectivity index (χ3n) is 5.04. The van der Waals surface area contributed by atoms with E-state index in [0.29, 0.717) is 19.1 Å². The van der Waals surface area contributed by atoms with Crippen molar-refractivity contribution in [1.82, 2.24) is 15.0 Å². The van der Waals surface area contributed by atoms with E-state index in [1.54, 1.807) is 12.4 Å². The summed E-state index contributed by atoms with van der Waals surface area (Å²) in [7, 11) is 0. The summed E-state index contributed by atoms with van der Waals surface area (Å²) in [6.07, 6.45) is -2.32. The first-order chi connectivity index (χ1) is 17.7. The van der Waals surface area contributed by atoms with Crippen LogP contribution in [0, 0.1) is 5.82 Å². The molecule has 2 aliphatic rings. The van der Waals surface area contributed by atoms with Crippen molar-refractivity contribution in [3.8, 4) is 0 Å². The van der Waals surface area contributed by atoms with Crippen molar-refractivity contribution in [2.24, 2.45) is 0 Å². The summed E-state index contributed by atoms with van der Waals surface area (Å²) in [5, 5.41) is 14.2. The molecule has 0 aliphatic carbocycles. The first-order valence-corrected chi connectivity index (χ1v) is 10.7. The summed E-state index contributed by atoms with van der Waals surface area (Å²) < 4.78 is 88.6. The van der Waals surface area contributed by atoms with Gasteiger partial charge in [0.05, 0.1) is 31.6 Å². The first kappa shape index (κ1) is 30.6. The number of aromatic nitrogens is 3. The summed E-state index contributed by atoms with van der Waals surface area (Å²) in [6, 6.07) is 4.05. The Bertz CT molecular complexity index is 1020. The molecule has 2 N–H and O–H groups in total. The first-order valence-electron chi connectivity index (χ1n) is 10.7. The van der Waals surface area contributed by atoms with Crippen molar-refractivity contribution >= 4 is 17.9 Å². The lowest BCUT2D eigenvalue weighted by atomic mass is 10.0. The number of hydrogen-bond acceptors (Lipinski definition) is 8. The topological polar surface area (TPSA) is 135 Å². The van der Waals surface area contributed by atoms with Crippen LogP contribution in [0.1, 0.15) is 18.4 Å². The maximum Gasteiger partial charge on any atom is 0.490 e. The minimum Gasteiger partial charge on any atom is -0.475 e. The molecule has 2 aromatic rings. The summed E-state index contributed by atoms with van der Waals surface area (Å²) in [5.41, 5.74) is 1.08. The highest BCUT2D eigenvalue weighted by Crippen LogP contribution is 2.33. The Labute approximate surface area is 210 Å². The van der Waals surface area contributed by atoms with Gasteiger partial charge in [-0.25, -0.2) is 23.9 Å². The van der Waals surface area contributed by atoms with Crippen molar-refractivity contribution in [3.05, 3.63) is 48.3 Å². The van der Waals surface area contributed by atoms with Crippen LogP contribution in [0.2, 0.25) is 0 Å². The Morgan fingerprint density at radius 2 is 1.55 bits per heavy atom. The van der Waals surface area contributed by atoms with E-state index in [0.717, 1.165) is 25.0 Å². The van der Waals surface area contributed by atoms with Crippen LogP contribution in [-0.4, -0.2) is 80.9 Å². The molecule has 210 valence electrons. The average molecular weight is 558 g/mol. The number of aliphatic carboxylic acids is 2. The highest BCUT2D eigenvalue weighted by atomic mass is 19.4. The van der Waals surface area contributed by atoms with Gasteiger partial charge in [-0.15, -0.1) is 0 Å². The molecule has 0 bridgehead atoms. The largest absolute Gasteiger partial charge is 0.490 e. The number of carboxylic acid groups (broad SMARTS) is 2. The van der Waals surface area contributed by atoms with Crippen LogP contribution in [0.15, 0.2) is 36.9 Å². The van der Waals surface area contributed by atoms with Gasteiger partial charge >= 0.3 is 24.3 Å². The van der Waals surface area contributed by atoms with E-state index in [1.165, 1.54) is 12.4 Å². The Hall–Kier alpha value is -3.60. The summed E-state index contributed by atoms with van der Waals surface area (Å²) in [4.78, 5) is 32.1. The molecular formula is C21H21F7N4O6. The van der Waals surface area contributed by atoms with E-state index in [-0.39, 0.29) is 18.2 Å². The van der Waals surface area contributed by atoms with Gasteiger partial charge in [0.1, 0.15) is 12.2 Å². The number of halogens is 7. The number of carboxylic acids is 2. The molecule has 4 heterocycles. The number of ether oxygens (including phenoxy) is 2. The van der Waals surface area contributed by atoms with Gasteiger partial charge in [-0.1, -0.05) is 0 Å². The quantitative estimate of drug-likeness (QED) is 0.539. The van der Waals surface area contributed by atoms with Crippen LogP contribution in [0.4, 0.5) is 36.7 Å². The third-order valence-corrected chi connectivity index (χ3v) is 5.04. The summed E-state index contributed by atoms with van der Waals surface area (Å²) in [6.45, 7) is 1.90. The zero-order chi connectivity index (χ0) is 28.5. The van der Waals surface area contributed by atoms with Crippen LogP contribution in [0.5, 0.6) is 0 Å². The lowest BCUT2D eigenvalue weighted by Gasteiger charge is -2.32. The zero-order valence-corrected chi connectivity index (χ0v) is 19.2. The monoisotopic (exact) mass is 558 g/mol. The summed E-state index contributed by atoms with van der Waals surface area (Å²) in [5.74, 6) is -5.41. The van der Waals surface area contributed by atoms with Gasteiger partial charge < -0.3 is 24.6 Å². The highest BCUT2D eigenvalue weighted by molar-refractivity contribution is 5.73. The Morgan fingerprint density at radius 1 is 1.03 bits per heavy atom. The Morgan fingerprint density at radius 3 is 2.05 bits per heavy atom. The molecule has 10 nitrogen and oxygen atoms in total. The standard InChI is InChI=1S/C17H19FN4O2.2C2HF3O2/c18-13-8-20-17(21-9-13)22-10-15(16-14(22)2-1-7-23-16)24-11-12-3-5-19-6-4-12;2*3-2(4,5)1(6)7/h3-6,8-9,14-16H,1-2,7,10-11H2;2*(H,6,7)/t14-,15-,16+;;/m1../s1. The van der Waals surface area contributed by atoms with E-state index in [4.69, 9.17) is 29.3 Å². The second-order valence-electron chi connectivity index (χ2n) is 7.71. The Balaban J connectivity index is 0.000000301. The molecular weight excluding hydrogens is 537 g/mol. The molecule has 0 saturated carbocycles. The second-order valence-corrected chi connectivity index (χ2v) is 7.71. The summed E-state index contributed by atoms with van der Waals surface area (Å²) >= 11 is 0. The molecule has 0 amide bonds. The SMILES string of the molecule is Fc1cnc(N2C[C@@H](OCc3ccncc3)[C@H]3OCCC[C@H]32)nc1.O=C(O)C(F)(F)F.O=C(O)C(F)(F)F. The van der Waals surface area contributed by atoms with E-state index in [1.807, 2.05) is 12.1 Å². The average Bonchev–Trinajstić information content (AvgIpc) is 3.22. The maximum atomic E-state index is 13.1. The number of nitrogens with zero attached hydrogens (tertiary/aromatic N) is 4. The normalized spacial score (nSPS) is 20.8. The number of carbonyl (C=O) groups is 2. The van der Waals surface area contributed by atoms with Crippen molar-refractivity contribution in [2.75, 3.05) is 18.1 Å². The van der Waals surface area contributed by atoms with Crippen LogP contribution in [0.3, 0.4) is 0 Å². The van der Waals surface area contributed by atoms with Crippen LogP contribution >= 0.6 is 0 Å². The fourth-order valence-electron chi connectivity index (χ4n) is 3.42. The van der Waals surface area contributed by atoms with Crippen LogP contribution < -0.4 is 4.90 Å². The fourth-order valence-corrected chi connectivity index (χ4v) is 3.42. The van der Waals surface area contributed by atoms with Crippen molar-refractivity contribution in [2.45, 2.75) is 50.1 Å². The van der Waals surface area contributed by atoms with Crippen molar-refractivity contribution in [3.63, 3.8) is 0 Å². The van der Waals surface area contributed by atoms with Gasteiger partial charge in [-0.2, -0.15) is 26.3 Å². The number of pyridine rings is 1. The molecule has 2 saturated heterocycles. The number of hydrogen-bond donors (Lipinski definition) is 2. The zero-order valence-electron chi connectivity index (χ0n) is 19.2. The fraction of sp³-hybridized carbons (Fsp3) is 0.476. The number of fused-ring (bicyclic) bond motifs is 1. The lowest BCUT2D eigenvalue weighted by molar-refractivity contribution is -0.193. The Kier molecular flexibility index (Phi) is 10.7. The third kappa shape index (κ3) is 9.37.